The molecule has 0 amide bonds. The number of imidazole rings is 1. The van der Waals surface area contributed by atoms with Gasteiger partial charge in [-0.25, -0.2) is 4.98 Å². The highest BCUT2D eigenvalue weighted by molar-refractivity contribution is 5.02. The zero-order valence-electron chi connectivity index (χ0n) is 26.8. The second kappa shape index (κ2) is 26.4. The number of unbranched alkanes of at least 4 members (excludes halogenated alkanes) is 21. The Labute approximate surface area is 240 Å². The predicted molar refractivity (Wildman–Crippen MR) is 171 cm³/mol. The van der Waals surface area contributed by atoms with Gasteiger partial charge in [0.1, 0.15) is 5.82 Å². The molecule has 38 heavy (non-hydrogen) atoms. The molecule has 2 atom stereocenters. The van der Waals surface area contributed by atoms with Crippen LogP contribution in [0.5, 0.6) is 0 Å². The second-order valence-electron chi connectivity index (χ2n) is 12.5. The minimum atomic E-state index is 0.591. The zero-order chi connectivity index (χ0) is 27.5. The van der Waals surface area contributed by atoms with Crippen molar-refractivity contribution in [1.29, 1.82) is 0 Å². The van der Waals surface area contributed by atoms with Gasteiger partial charge in [0.05, 0.1) is 0 Å². The van der Waals surface area contributed by atoms with Crippen LogP contribution in [0.1, 0.15) is 219 Å². The summed E-state index contributed by atoms with van der Waals surface area (Å²) in [5, 5.41) is 0. The third-order valence-electron chi connectivity index (χ3n) is 8.83. The van der Waals surface area contributed by atoms with Crippen molar-refractivity contribution in [3.05, 3.63) is 18.2 Å². The highest BCUT2D eigenvalue weighted by Crippen LogP contribution is 2.30. The fourth-order valence-electron chi connectivity index (χ4n) is 6.18. The first-order valence-corrected chi connectivity index (χ1v) is 17.8. The molecule has 0 spiro atoms. The molecule has 1 aromatic heterocycles. The van der Waals surface area contributed by atoms with Crippen molar-refractivity contribution in [2.24, 2.45) is 0 Å². The number of rotatable bonds is 29. The number of aromatic nitrogens is 2. The van der Waals surface area contributed by atoms with E-state index in [0.717, 1.165) is 0 Å². The minimum absolute atomic E-state index is 0.591. The smallest absolute Gasteiger partial charge is 0.111 e. The first-order chi connectivity index (χ1) is 18.7. The fraction of sp³-hybridized carbons (Fsp3) is 0.917. The van der Waals surface area contributed by atoms with Crippen molar-refractivity contribution < 1.29 is 0 Å². The van der Waals surface area contributed by atoms with Crippen LogP contribution in [0.15, 0.2) is 12.4 Å². The van der Waals surface area contributed by atoms with Gasteiger partial charge in [-0.15, -0.1) is 0 Å². The van der Waals surface area contributed by atoms with Gasteiger partial charge >= 0.3 is 0 Å². The molecule has 0 aliphatic carbocycles. The highest BCUT2D eigenvalue weighted by atomic mass is 15.1. The third kappa shape index (κ3) is 18.5. The molecule has 0 saturated heterocycles. The molecule has 2 heteroatoms. The first kappa shape index (κ1) is 35.2. The van der Waals surface area contributed by atoms with Crippen molar-refractivity contribution in [2.45, 2.75) is 213 Å². The molecule has 0 saturated carbocycles. The lowest BCUT2D eigenvalue weighted by molar-refractivity contribution is 0.414. The van der Waals surface area contributed by atoms with Gasteiger partial charge in [0.25, 0.3) is 0 Å². The average Bonchev–Trinajstić information content (AvgIpc) is 3.42. The molecule has 0 aliphatic rings. The molecule has 0 radical (unpaired) electrons. The summed E-state index contributed by atoms with van der Waals surface area (Å²) < 4.78 is 2.55. The molecule has 0 N–H and O–H groups in total. The summed E-state index contributed by atoms with van der Waals surface area (Å²) in [4.78, 5) is 4.94. The van der Waals surface area contributed by atoms with E-state index in [2.05, 4.69) is 44.7 Å². The largest absolute Gasteiger partial charge is 0.332 e. The first-order valence-electron chi connectivity index (χ1n) is 17.8. The van der Waals surface area contributed by atoms with Gasteiger partial charge in [0.2, 0.25) is 0 Å². The van der Waals surface area contributed by atoms with E-state index in [4.69, 9.17) is 4.98 Å². The highest BCUT2D eigenvalue weighted by Gasteiger charge is 2.19. The summed E-state index contributed by atoms with van der Waals surface area (Å²) in [6.07, 6.45) is 42.3. The van der Waals surface area contributed by atoms with Gasteiger partial charge in [0, 0.05) is 24.4 Å². The summed E-state index contributed by atoms with van der Waals surface area (Å²) in [5.74, 6) is 2.05. The fourth-order valence-corrected chi connectivity index (χ4v) is 6.18. The van der Waals surface area contributed by atoms with Crippen LogP contribution >= 0.6 is 0 Å². The van der Waals surface area contributed by atoms with E-state index >= 15 is 0 Å². The lowest BCUT2D eigenvalue weighted by Crippen LogP contribution is -2.13. The lowest BCUT2D eigenvalue weighted by atomic mass is 9.93. The zero-order valence-corrected chi connectivity index (χ0v) is 26.8. The van der Waals surface area contributed by atoms with Crippen LogP contribution in [0.2, 0.25) is 0 Å². The molecule has 1 rings (SSSR count). The van der Waals surface area contributed by atoms with E-state index in [1.807, 2.05) is 0 Å². The van der Waals surface area contributed by atoms with E-state index in [0.29, 0.717) is 12.0 Å². The molecule has 1 aromatic rings. The molecular weight excluding hydrogens is 460 g/mol. The Kier molecular flexibility index (Phi) is 24.5. The quantitative estimate of drug-likeness (QED) is 0.0941. The van der Waals surface area contributed by atoms with Crippen LogP contribution < -0.4 is 0 Å². The van der Waals surface area contributed by atoms with Crippen LogP contribution in [0.3, 0.4) is 0 Å². The second-order valence-corrected chi connectivity index (χ2v) is 12.5. The Bertz CT molecular complexity index is 592. The molecule has 2 nitrogen and oxygen atoms in total. The monoisotopic (exact) mass is 531 g/mol. The van der Waals surface area contributed by atoms with Crippen LogP contribution in [-0.2, 0) is 0 Å². The van der Waals surface area contributed by atoms with Crippen LogP contribution in [-0.4, -0.2) is 9.55 Å². The Morgan fingerprint density at radius 1 is 0.500 bits per heavy atom. The molecule has 2 unspecified atom stereocenters. The maximum Gasteiger partial charge on any atom is 0.111 e. The van der Waals surface area contributed by atoms with E-state index in [-0.39, 0.29) is 0 Å². The van der Waals surface area contributed by atoms with Crippen LogP contribution in [0, 0.1) is 0 Å². The molecule has 0 bridgehead atoms. The normalized spacial score (nSPS) is 13.3. The van der Waals surface area contributed by atoms with Crippen LogP contribution in [0.4, 0.5) is 0 Å². The Balaban J connectivity index is 2.24. The number of nitrogens with zero attached hydrogens (tertiary/aromatic N) is 2. The number of hydrogen-bond donors (Lipinski definition) is 0. The third-order valence-corrected chi connectivity index (χ3v) is 8.83. The van der Waals surface area contributed by atoms with Gasteiger partial charge in [-0.2, -0.15) is 0 Å². The van der Waals surface area contributed by atoms with E-state index < -0.39 is 0 Å². The molecular formula is C36H70N2. The summed E-state index contributed by atoms with van der Waals surface area (Å²) >= 11 is 0. The summed E-state index contributed by atoms with van der Waals surface area (Å²) in [7, 11) is 0. The molecule has 224 valence electrons. The summed E-state index contributed by atoms with van der Waals surface area (Å²) in [6, 6.07) is 0.591. The number of hydrogen-bond acceptors (Lipinski definition) is 1. The predicted octanol–water partition coefficient (Wildman–Crippen LogP) is 13.1. The van der Waals surface area contributed by atoms with Gasteiger partial charge in [-0.3, -0.25) is 0 Å². The van der Waals surface area contributed by atoms with Crippen molar-refractivity contribution in [3.63, 3.8) is 0 Å². The molecule has 0 aliphatic heterocycles. The van der Waals surface area contributed by atoms with E-state index in [1.54, 1.807) is 0 Å². The van der Waals surface area contributed by atoms with Gasteiger partial charge in [0.15, 0.2) is 0 Å². The topological polar surface area (TPSA) is 17.8 Å². The standard InChI is InChI=1S/C36H70N2/c1-5-8-11-13-15-16-17-18-19-20-21-22-23-25-28-31-35(30-26-10-7-3)36-37-32-33-38(36)34(4)29-27-24-14-12-9-6-2/h32-35H,5-31H2,1-4H3. The van der Waals surface area contributed by atoms with Crippen molar-refractivity contribution in [3.8, 4) is 0 Å². The van der Waals surface area contributed by atoms with Gasteiger partial charge in [-0.1, -0.05) is 175 Å². The molecule has 0 fully saturated rings. The maximum absolute atomic E-state index is 4.94. The summed E-state index contributed by atoms with van der Waals surface area (Å²) in [6.45, 7) is 9.36. The van der Waals surface area contributed by atoms with Crippen LogP contribution in [0.25, 0.3) is 0 Å². The molecule has 1 heterocycles. The Morgan fingerprint density at radius 2 is 0.842 bits per heavy atom. The van der Waals surface area contributed by atoms with Gasteiger partial charge in [-0.05, 0) is 26.2 Å². The SMILES string of the molecule is CCCCCCCCCCCCCCCCCC(CCCCC)c1nccn1C(C)CCCCCCCC. The van der Waals surface area contributed by atoms with Crippen molar-refractivity contribution in [2.75, 3.05) is 0 Å². The van der Waals surface area contributed by atoms with Crippen molar-refractivity contribution >= 4 is 0 Å². The average molecular weight is 531 g/mol. The lowest BCUT2D eigenvalue weighted by Gasteiger charge is -2.22. The van der Waals surface area contributed by atoms with Crippen molar-refractivity contribution in [1.82, 2.24) is 9.55 Å². The summed E-state index contributed by atoms with van der Waals surface area (Å²) in [5.41, 5.74) is 0. The van der Waals surface area contributed by atoms with Gasteiger partial charge < -0.3 is 4.57 Å². The molecule has 0 aromatic carbocycles. The minimum Gasteiger partial charge on any atom is -0.332 e. The Morgan fingerprint density at radius 3 is 1.29 bits per heavy atom. The maximum atomic E-state index is 4.94. The Hall–Kier alpha value is -0.790. The van der Waals surface area contributed by atoms with E-state index in [9.17, 15) is 0 Å². The van der Waals surface area contributed by atoms with E-state index in [1.165, 1.54) is 179 Å².